The number of nitrogen functional groups attached to an aromatic ring is 1. The lowest BCUT2D eigenvalue weighted by atomic mass is 10.0. The highest BCUT2D eigenvalue weighted by Crippen LogP contribution is 2.19. The van der Waals surface area contributed by atoms with Crippen LogP contribution in [-0.4, -0.2) is 37.5 Å². The Kier molecular flexibility index (Phi) is 4.31. The van der Waals surface area contributed by atoms with Crippen molar-refractivity contribution in [2.24, 2.45) is 0 Å². The third-order valence-electron chi connectivity index (χ3n) is 2.78. The highest BCUT2D eigenvalue weighted by molar-refractivity contribution is 5.98. The minimum atomic E-state index is -0.455. The predicted molar refractivity (Wildman–Crippen MR) is 69.3 cm³/mol. The largest absolute Gasteiger partial charge is 0.468 e. The van der Waals surface area contributed by atoms with Crippen molar-refractivity contribution in [1.82, 2.24) is 4.90 Å². The Morgan fingerprint density at radius 1 is 1.28 bits per heavy atom. The number of hydrogen-bond acceptors (Lipinski definition) is 4. The Morgan fingerprint density at radius 3 is 2.44 bits per heavy atom. The first-order valence-electron chi connectivity index (χ1n) is 5.55. The summed E-state index contributed by atoms with van der Waals surface area (Å²) < 4.78 is 4.52. The summed E-state index contributed by atoms with van der Waals surface area (Å²) in [5.41, 5.74) is 8.63. The quantitative estimate of drug-likeness (QED) is 0.644. The number of amides is 1. The van der Waals surface area contributed by atoms with Gasteiger partial charge in [-0.2, -0.15) is 0 Å². The molecular weight excluding hydrogens is 232 g/mol. The van der Waals surface area contributed by atoms with Gasteiger partial charge in [-0.05, 0) is 31.0 Å². The van der Waals surface area contributed by atoms with Crippen LogP contribution in [0.25, 0.3) is 0 Å². The lowest BCUT2D eigenvalue weighted by Gasteiger charge is -2.17. The maximum atomic E-state index is 12.1. The molecule has 0 saturated carbocycles. The normalized spacial score (nSPS) is 10.0. The van der Waals surface area contributed by atoms with Crippen LogP contribution in [0.3, 0.4) is 0 Å². The van der Waals surface area contributed by atoms with Gasteiger partial charge in [0.05, 0.1) is 7.11 Å². The van der Waals surface area contributed by atoms with Gasteiger partial charge in [0.2, 0.25) is 0 Å². The minimum absolute atomic E-state index is 0.0808. The van der Waals surface area contributed by atoms with Crippen molar-refractivity contribution < 1.29 is 14.3 Å². The van der Waals surface area contributed by atoms with E-state index in [9.17, 15) is 9.59 Å². The van der Waals surface area contributed by atoms with Crippen LogP contribution in [-0.2, 0) is 9.53 Å². The molecular formula is C13H18N2O3. The summed E-state index contributed by atoms with van der Waals surface area (Å²) >= 11 is 0. The lowest BCUT2D eigenvalue weighted by Crippen LogP contribution is -2.33. The molecule has 0 aliphatic rings. The molecule has 2 N–H and O–H groups in total. The Bertz CT molecular complexity index is 483. The van der Waals surface area contributed by atoms with Crippen molar-refractivity contribution in [2.75, 3.05) is 26.4 Å². The van der Waals surface area contributed by atoms with E-state index in [1.807, 2.05) is 19.9 Å². The van der Waals surface area contributed by atoms with Crippen LogP contribution in [0, 0.1) is 13.8 Å². The molecule has 1 amide bonds. The second-order valence-corrected chi connectivity index (χ2v) is 4.26. The number of anilines is 1. The van der Waals surface area contributed by atoms with Gasteiger partial charge in [0.15, 0.2) is 0 Å². The van der Waals surface area contributed by atoms with E-state index >= 15 is 0 Å². The lowest BCUT2D eigenvalue weighted by molar-refractivity contribution is -0.141. The standard InChI is InChI=1S/C13H18N2O3/c1-8-5-9(2)11(14)6-10(8)13(17)15(3)7-12(16)18-4/h5-6H,7,14H2,1-4H3. The number of rotatable bonds is 3. The van der Waals surface area contributed by atoms with E-state index < -0.39 is 5.97 Å². The Balaban J connectivity index is 2.97. The number of nitrogens with zero attached hydrogens (tertiary/aromatic N) is 1. The van der Waals surface area contributed by atoms with Gasteiger partial charge < -0.3 is 15.4 Å². The van der Waals surface area contributed by atoms with Crippen molar-refractivity contribution in [3.63, 3.8) is 0 Å². The second-order valence-electron chi connectivity index (χ2n) is 4.26. The van der Waals surface area contributed by atoms with E-state index in [4.69, 9.17) is 5.73 Å². The highest BCUT2D eigenvalue weighted by atomic mass is 16.5. The molecule has 0 aromatic heterocycles. The van der Waals surface area contributed by atoms with Gasteiger partial charge in [-0.15, -0.1) is 0 Å². The van der Waals surface area contributed by atoms with E-state index in [0.29, 0.717) is 11.3 Å². The average molecular weight is 250 g/mol. The molecule has 1 aromatic rings. The van der Waals surface area contributed by atoms with Gasteiger partial charge in [-0.25, -0.2) is 0 Å². The fourth-order valence-electron chi connectivity index (χ4n) is 1.64. The molecule has 5 heteroatoms. The Labute approximate surface area is 107 Å². The zero-order valence-corrected chi connectivity index (χ0v) is 11.1. The number of esters is 1. The summed E-state index contributed by atoms with van der Waals surface area (Å²) in [6, 6.07) is 3.50. The molecule has 98 valence electrons. The number of ether oxygens (including phenoxy) is 1. The summed E-state index contributed by atoms with van der Waals surface area (Å²) in [6.45, 7) is 3.64. The summed E-state index contributed by atoms with van der Waals surface area (Å²) in [4.78, 5) is 24.6. The maximum absolute atomic E-state index is 12.1. The monoisotopic (exact) mass is 250 g/mol. The van der Waals surface area contributed by atoms with Crippen LogP contribution in [0.15, 0.2) is 12.1 Å². The molecule has 1 rings (SSSR count). The molecule has 0 atom stereocenters. The number of carbonyl (C=O) groups is 2. The molecule has 0 bridgehead atoms. The number of aryl methyl sites for hydroxylation is 2. The number of benzene rings is 1. The second kappa shape index (κ2) is 5.53. The van der Waals surface area contributed by atoms with Crippen molar-refractivity contribution in [2.45, 2.75) is 13.8 Å². The van der Waals surface area contributed by atoms with Gasteiger partial charge in [0.25, 0.3) is 5.91 Å². The smallest absolute Gasteiger partial charge is 0.325 e. The van der Waals surface area contributed by atoms with E-state index in [-0.39, 0.29) is 12.5 Å². The molecule has 0 aliphatic heterocycles. The van der Waals surface area contributed by atoms with Gasteiger partial charge in [0, 0.05) is 18.3 Å². The minimum Gasteiger partial charge on any atom is -0.468 e. The molecule has 0 fully saturated rings. The molecule has 18 heavy (non-hydrogen) atoms. The van der Waals surface area contributed by atoms with Crippen LogP contribution in [0.5, 0.6) is 0 Å². The first kappa shape index (κ1) is 14.0. The summed E-state index contributed by atoms with van der Waals surface area (Å²) in [7, 11) is 2.84. The molecule has 0 saturated heterocycles. The SMILES string of the molecule is COC(=O)CN(C)C(=O)c1cc(N)c(C)cc1C. The maximum Gasteiger partial charge on any atom is 0.325 e. The predicted octanol–water partition coefficient (Wildman–Crippen LogP) is 1.13. The average Bonchev–Trinajstić information content (AvgIpc) is 2.32. The summed E-state index contributed by atoms with van der Waals surface area (Å²) in [6.07, 6.45) is 0. The van der Waals surface area contributed by atoms with Crippen LogP contribution >= 0.6 is 0 Å². The number of hydrogen-bond donors (Lipinski definition) is 1. The fourth-order valence-corrected chi connectivity index (χ4v) is 1.64. The first-order valence-corrected chi connectivity index (χ1v) is 5.55. The van der Waals surface area contributed by atoms with Crippen LogP contribution in [0.1, 0.15) is 21.5 Å². The molecule has 0 radical (unpaired) electrons. The topological polar surface area (TPSA) is 72.6 Å². The van der Waals surface area contributed by atoms with Crippen LogP contribution in [0.2, 0.25) is 0 Å². The van der Waals surface area contributed by atoms with E-state index in [2.05, 4.69) is 4.74 Å². The number of methoxy groups -OCH3 is 1. The third kappa shape index (κ3) is 3.00. The van der Waals surface area contributed by atoms with Crippen molar-refractivity contribution >= 4 is 17.6 Å². The number of likely N-dealkylation sites (N-methyl/N-ethyl adjacent to an activating group) is 1. The number of nitrogens with two attached hydrogens (primary N) is 1. The van der Waals surface area contributed by atoms with E-state index in [1.165, 1.54) is 12.0 Å². The Hall–Kier alpha value is -2.04. The zero-order valence-electron chi connectivity index (χ0n) is 11.1. The molecule has 0 unspecified atom stereocenters. The molecule has 0 heterocycles. The van der Waals surface area contributed by atoms with Gasteiger partial charge in [-0.1, -0.05) is 6.07 Å². The summed E-state index contributed by atoms with van der Waals surface area (Å²) in [5.74, 6) is -0.701. The number of carbonyl (C=O) groups excluding carboxylic acids is 2. The first-order chi connectivity index (χ1) is 8.36. The summed E-state index contributed by atoms with van der Waals surface area (Å²) in [5, 5.41) is 0. The van der Waals surface area contributed by atoms with Gasteiger partial charge in [0.1, 0.15) is 6.54 Å². The van der Waals surface area contributed by atoms with Crippen molar-refractivity contribution in [3.05, 3.63) is 28.8 Å². The zero-order chi connectivity index (χ0) is 13.9. The fraction of sp³-hybridized carbons (Fsp3) is 0.385. The highest BCUT2D eigenvalue weighted by Gasteiger charge is 2.17. The van der Waals surface area contributed by atoms with Gasteiger partial charge >= 0.3 is 5.97 Å². The van der Waals surface area contributed by atoms with Crippen molar-refractivity contribution in [3.8, 4) is 0 Å². The van der Waals surface area contributed by atoms with Gasteiger partial charge in [-0.3, -0.25) is 9.59 Å². The van der Waals surface area contributed by atoms with Crippen LogP contribution < -0.4 is 5.73 Å². The molecule has 0 aliphatic carbocycles. The van der Waals surface area contributed by atoms with E-state index in [0.717, 1.165) is 11.1 Å². The molecule has 1 aromatic carbocycles. The molecule has 5 nitrogen and oxygen atoms in total. The third-order valence-corrected chi connectivity index (χ3v) is 2.78. The Morgan fingerprint density at radius 2 is 1.89 bits per heavy atom. The molecule has 0 spiro atoms. The van der Waals surface area contributed by atoms with E-state index in [1.54, 1.807) is 13.1 Å². The van der Waals surface area contributed by atoms with Crippen molar-refractivity contribution in [1.29, 1.82) is 0 Å². The van der Waals surface area contributed by atoms with Crippen LogP contribution in [0.4, 0.5) is 5.69 Å².